The molecule has 5 rings (SSSR count). The number of ether oxygens (including phenoxy) is 1. The van der Waals surface area contributed by atoms with Gasteiger partial charge in [0.05, 0.1) is 23.3 Å². The van der Waals surface area contributed by atoms with Gasteiger partial charge in [-0.15, -0.1) is 0 Å². The fourth-order valence-electron chi connectivity index (χ4n) is 4.33. The first-order valence-electron chi connectivity index (χ1n) is 10.7. The number of carbonyl (C=O) groups excluding carboxylic acids is 1. The van der Waals surface area contributed by atoms with E-state index in [0.717, 1.165) is 42.8 Å². The molecule has 1 fully saturated rings. The number of benzene rings is 2. The lowest BCUT2D eigenvalue weighted by Crippen LogP contribution is -2.32. The predicted octanol–water partition coefficient (Wildman–Crippen LogP) is 5.22. The number of likely N-dealkylation sites (tertiary alicyclic amines) is 1. The van der Waals surface area contributed by atoms with Gasteiger partial charge in [0.15, 0.2) is 0 Å². The van der Waals surface area contributed by atoms with E-state index in [2.05, 4.69) is 22.5 Å². The summed E-state index contributed by atoms with van der Waals surface area (Å²) in [6, 6.07) is 19.1. The normalized spacial score (nSPS) is 16.0. The van der Waals surface area contributed by atoms with Crippen LogP contribution in [0.5, 0.6) is 11.5 Å². The smallest absolute Gasteiger partial charge is 0.254 e. The molecule has 1 atom stereocenters. The largest absolute Gasteiger partial charge is 0.456 e. The van der Waals surface area contributed by atoms with Crippen molar-refractivity contribution in [1.82, 2.24) is 19.4 Å². The van der Waals surface area contributed by atoms with Crippen LogP contribution in [0.3, 0.4) is 0 Å². The van der Waals surface area contributed by atoms with E-state index in [1.165, 1.54) is 0 Å². The Hall–Kier alpha value is -3.67. The number of hydrogen-bond acceptors (Lipinski definition) is 4. The number of nitrogens with zero attached hydrogens (tertiary/aromatic N) is 4. The number of fused-ring (bicyclic) bond motifs is 1. The van der Waals surface area contributed by atoms with Gasteiger partial charge in [-0.2, -0.15) is 0 Å². The molecule has 156 valence electrons. The zero-order chi connectivity index (χ0) is 21.2. The number of hydrogen-bond donors (Lipinski definition) is 0. The van der Waals surface area contributed by atoms with Crippen LogP contribution >= 0.6 is 0 Å². The summed E-state index contributed by atoms with van der Waals surface area (Å²) in [7, 11) is 0. The highest BCUT2D eigenvalue weighted by molar-refractivity contribution is 5.94. The zero-order valence-electron chi connectivity index (χ0n) is 17.4. The molecule has 0 N–H and O–H groups in total. The molecule has 0 saturated carbocycles. The number of aryl methyl sites for hydroxylation is 1. The molecule has 0 bridgehead atoms. The maximum Gasteiger partial charge on any atom is 0.254 e. The average molecular weight is 412 g/mol. The second kappa shape index (κ2) is 8.22. The van der Waals surface area contributed by atoms with Gasteiger partial charge >= 0.3 is 0 Å². The van der Waals surface area contributed by atoms with Crippen LogP contribution in [0.1, 0.15) is 42.0 Å². The van der Waals surface area contributed by atoms with Crippen molar-refractivity contribution in [3.8, 4) is 11.5 Å². The molecule has 6 heteroatoms. The van der Waals surface area contributed by atoms with Crippen LogP contribution in [0.25, 0.3) is 11.0 Å². The molecule has 0 unspecified atom stereocenters. The van der Waals surface area contributed by atoms with E-state index in [1.54, 1.807) is 12.4 Å². The molecule has 6 nitrogen and oxygen atoms in total. The summed E-state index contributed by atoms with van der Waals surface area (Å²) in [4.78, 5) is 24.3. The van der Waals surface area contributed by atoms with Crippen LogP contribution in [-0.2, 0) is 6.54 Å². The lowest BCUT2D eigenvalue weighted by molar-refractivity contribution is 0.0728. The molecular weight excluding hydrogens is 388 g/mol. The number of aromatic nitrogens is 3. The molecule has 1 amide bonds. The summed E-state index contributed by atoms with van der Waals surface area (Å²) < 4.78 is 8.02. The van der Waals surface area contributed by atoms with Gasteiger partial charge in [-0.25, -0.2) is 4.98 Å². The van der Waals surface area contributed by atoms with Crippen molar-refractivity contribution in [3.63, 3.8) is 0 Å². The monoisotopic (exact) mass is 412 g/mol. The number of amides is 1. The van der Waals surface area contributed by atoms with Crippen LogP contribution in [-0.4, -0.2) is 31.9 Å². The molecule has 1 aliphatic rings. The topological polar surface area (TPSA) is 60.2 Å². The van der Waals surface area contributed by atoms with Crippen LogP contribution in [0.15, 0.2) is 73.1 Å². The molecule has 1 aliphatic heterocycles. The summed E-state index contributed by atoms with van der Waals surface area (Å²) in [5.74, 6) is 2.35. The first kappa shape index (κ1) is 19.3. The lowest BCUT2D eigenvalue weighted by atomic mass is 10.1. The van der Waals surface area contributed by atoms with E-state index in [0.29, 0.717) is 17.1 Å². The maximum atomic E-state index is 13.4. The van der Waals surface area contributed by atoms with Gasteiger partial charge in [-0.1, -0.05) is 12.1 Å². The number of pyridine rings is 1. The minimum Gasteiger partial charge on any atom is -0.456 e. The van der Waals surface area contributed by atoms with Crippen molar-refractivity contribution in [3.05, 3.63) is 84.4 Å². The average Bonchev–Trinajstić information content (AvgIpc) is 3.44. The predicted molar refractivity (Wildman–Crippen MR) is 119 cm³/mol. The van der Waals surface area contributed by atoms with Gasteiger partial charge in [0.1, 0.15) is 17.3 Å². The summed E-state index contributed by atoms with van der Waals surface area (Å²) in [6.07, 6.45) is 5.27. The van der Waals surface area contributed by atoms with E-state index < -0.39 is 0 Å². The molecule has 2 aromatic heterocycles. The van der Waals surface area contributed by atoms with Crippen molar-refractivity contribution in [2.24, 2.45) is 0 Å². The Morgan fingerprint density at radius 3 is 2.68 bits per heavy atom. The third kappa shape index (κ3) is 3.65. The van der Waals surface area contributed by atoms with Gasteiger partial charge in [0.2, 0.25) is 0 Å². The molecule has 4 aromatic rings. The van der Waals surface area contributed by atoms with Crippen molar-refractivity contribution in [2.75, 3.05) is 6.54 Å². The molecule has 0 radical (unpaired) electrons. The molecule has 0 aliphatic carbocycles. The van der Waals surface area contributed by atoms with E-state index in [1.807, 2.05) is 59.5 Å². The third-order valence-corrected chi connectivity index (χ3v) is 5.78. The van der Waals surface area contributed by atoms with Gasteiger partial charge < -0.3 is 14.2 Å². The lowest BCUT2D eigenvalue weighted by Gasteiger charge is -2.25. The van der Waals surface area contributed by atoms with E-state index in [9.17, 15) is 4.79 Å². The molecular formula is C25H24N4O2. The summed E-state index contributed by atoms with van der Waals surface area (Å²) >= 11 is 0. The maximum absolute atomic E-state index is 13.4. The Kier molecular flexibility index (Phi) is 5.12. The summed E-state index contributed by atoms with van der Waals surface area (Å²) in [5, 5.41) is 0. The van der Waals surface area contributed by atoms with Crippen molar-refractivity contribution < 1.29 is 9.53 Å². The van der Waals surface area contributed by atoms with Crippen LogP contribution in [0, 0.1) is 0 Å². The standard InChI is InChI=1S/C25H24N4O2/c1-2-28-22-9-4-3-8-21(22)27-24(28)23-10-6-16-29(23)25(30)18-11-13-19(14-12-18)31-20-7-5-15-26-17-20/h3-5,7-9,11-15,17,23H,2,6,10,16H2,1H3/t23-/m1/s1. The zero-order valence-corrected chi connectivity index (χ0v) is 17.4. The summed E-state index contributed by atoms with van der Waals surface area (Å²) in [5.41, 5.74) is 2.76. The molecule has 0 spiro atoms. The van der Waals surface area contributed by atoms with Gasteiger partial charge in [-0.3, -0.25) is 9.78 Å². The second-order valence-electron chi connectivity index (χ2n) is 7.67. The van der Waals surface area contributed by atoms with E-state index in [4.69, 9.17) is 9.72 Å². The highest BCUT2D eigenvalue weighted by atomic mass is 16.5. The van der Waals surface area contributed by atoms with Crippen molar-refractivity contribution >= 4 is 16.9 Å². The molecule has 2 aromatic carbocycles. The van der Waals surface area contributed by atoms with Crippen LogP contribution in [0.4, 0.5) is 0 Å². The fourth-order valence-corrected chi connectivity index (χ4v) is 4.33. The number of carbonyl (C=O) groups is 1. The van der Waals surface area contributed by atoms with Gasteiger partial charge in [0, 0.05) is 24.8 Å². The van der Waals surface area contributed by atoms with Gasteiger partial charge in [-0.05, 0) is 68.3 Å². The van der Waals surface area contributed by atoms with E-state index in [-0.39, 0.29) is 11.9 Å². The highest BCUT2D eigenvalue weighted by Crippen LogP contribution is 2.34. The Morgan fingerprint density at radius 2 is 1.90 bits per heavy atom. The molecule has 31 heavy (non-hydrogen) atoms. The Balaban J connectivity index is 1.39. The van der Waals surface area contributed by atoms with Crippen molar-refractivity contribution in [2.45, 2.75) is 32.4 Å². The van der Waals surface area contributed by atoms with E-state index >= 15 is 0 Å². The molecule has 1 saturated heterocycles. The number of rotatable bonds is 5. The molecule has 3 heterocycles. The Bertz CT molecular complexity index is 1200. The first-order valence-corrected chi connectivity index (χ1v) is 10.7. The fraction of sp³-hybridized carbons (Fsp3) is 0.240. The highest BCUT2D eigenvalue weighted by Gasteiger charge is 2.34. The minimum absolute atomic E-state index is 0.00818. The minimum atomic E-state index is -0.00818. The third-order valence-electron chi connectivity index (χ3n) is 5.78. The quantitative estimate of drug-likeness (QED) is 0.451. The second-order valence-corrected chi connectivity index (χ2v) is 7.67. The number of para-hydroxylation sites is 2. The van der Waals surface area contributed by atoms with Crippen molar-refractivity contribution in [1.29, 1.82) is 0 Å². The SMILES string of the molecule is CCn1c([C@H]2CCCN2C(=O)c2ccc(Oc3cccnc3)cc2)nc2ccccc21. The first-order chi connectivity index (χ1) is 15.2. The number of imidazole rings is 1. The summed E-state index contributed by atoms with van der Waals surface area (Å²) in [6.45, 7) is 3.69. The Morgan fingerprint density at radius 1 is 1.06 bits per heavy atom. The van der Waals surface area contributed by atoms with Gasteiger partial charge in [0.25, 0.3) is 5.91 Å². The van der Waals surface area contributed by atoms with Crippen LogP contribution in [0.2, 0.25) is 0 Å². The Labute approximate surface area is 181 Å². The van der Waals surface area contributed by atoms with Crippen LogP contribution < -0.4 is 4.74 Å².